The number of hydrogen-bond acceptors (Lipinski definition) is 2. The van der Waals surface area contributed by atoms with E-state index in [1.165, 1.54) is 5.52 Å². The highest BCUT2D eigenvalue weighted by atomic mass is 32.1. The lowest BCUT2D eigenvalue weighted by molar-refractivity contribution is 1.24. The third-order valence-electron chi connectivity index (χ3n) is 1.98. The average Bonchev–Trinajstić information content (AvgIpc) is 2.71. The summed E-state index contributed by atoms with van der Waals surface area (Å²) in [6.45, 7) is 0. The van der Waals surface area contributed by atoms with Gasteiger partial charge in [0.05, 0.1) is 17.2 Å². The van der Waals surface area contributed by atoms with Gasteiger partial charge in [-0.15, -0.1) is 11.3 Å². The molecule has 3 rings (SSSR count). The molecule has 0 radical (unpaired) electrons. The van der Waals surface area contributed by atoms with E-state index in [1.807, 2.05) is 12.3 Å². The van der Waals surface area contributed by atoms with Gasteiger partial charge in [-0.2, -0.15) is 0 Å². The van der Waals surface area contributed by atoms with Gasteiger partial charge >= 0.3 is 0 Å². The van der Waals surface area contributed by atoms with Gasteiger partial charge in [0.15, 0.2) is 0 Å². The molecule has 0 spiro atoms. The smallest absolute Gasteiger partial charge is 0.140 e. The zero-order chi connectivity index (χ0) is 7.97. The van der Waals surface area contributed by atoms with Crippen LogP contribution in [0.3, 0.4) is 0 Å². The molecule has 3 aromatic heterocycles. The van der Waals surface area contributed by atoms with Crippen LogP contribution < -0.4 is 0 Å². The molecule has 0 aliphatic carbocycles. The molecule has 3 heteroatoms. The lowest BCUT2D eigenvalue weighted by Crippen LogP contribution is -1.83. The van der Waals surface area contributed by atoms with Gasteiger partial charge in [0.25, 0.3) is 0 Å². The first kappa shape index (κ1) is 6.20. The van der Waals surface area contributed by atoms with Crippen molar-refractivity contribution in [3.63, 3.8) is 0 Å². The molecule has 0 saturated carbocycles. The van der Waals surface area contributed by atoms with E-state index < -0.39 is 0 Å². The van der Waals surface area contributed by atoms with Gasteiger partial charge in [0, 0.05) is 6.20 Å². The molecule has 0 N–H and O–H groups in total. The SMILES string of the molecule is c1cc2cnc3sccc3n2c1. The summed E-state index contributed by atoms with van der Waals surface area (Å²) < 4.78 is 2.15. The zero-order valence-electron chi connectivity index (χ0n) is 6.27. The van der Waals surface area contributed by atoms with Crippen LogP contribution in [0.2, 0.25) is 0 Å². The fraction of sp³-hybridized carbons (Fsp3) is 0. The number of hydrogen-bond donors (Lipinski definition) is 0. The van der Waals surface area contributed by atoms with Crippen LogP contribution in [-0.2, 0) is 0 Å². The minimum atomic E-state index is 1.10. The predicted octanol–water partition coefficient (Wildman–Crippen LogP) is 2.55. The van der Waals surface area contributed by atoms with E-state index in [4.69, 9.17) is 0 Å². The summed E-state index contributed by atoms with van der Waals surface area (Å²) in [6.07, 6.45) is 3.96. The number of nitrogens with zero attached hydrogens (tertiary/aromatic N) is 2. The Labute approximate surface area is 73.1 Å². The molecule has 3 aromatic rings. The molecule has 0 atom stereocenters. The summed E-state index contributed by atoms with van der Waals surface area (Å²) in [5.74, 6) is 0. The summed E-state index contributed by atoms with van der Waals surface area (Å²) >= 11 is 1.67. The zero-order valence-corrected chi connectivity index (χ0v) is 7.08. The van der Waals surface area contributed by atoms with Gasteiger partial charge in [-0.05, 0) is 23.6 Å². The van der Waals surface area contributed by atoms with Crippen LogP contribution >= 0.6 is 11.3 Å². The van der Waals surface area contributed by atoms with Gasteiger partial charge in [-0.25, -0.2) is 4.98 Å². The molecule has 2 nitrogen and oxygen atoms in total. The van der Waals surface area contributed by atoms with Crippen molar-refractivity contribution in [3.05, 3.63) is 36.0 Å². The minimum absolute atomic E-state index is 1.10. The summed E-state index contributed by atoms with van der Waals surface area (Å²) in [5, 5.41) is 2.07. The Morgan fingerprint density at radius 2 is 2.33 bits per heavy atom. The first-order valence-corrected chi connectivity index (χ1v) is 4.62. The molecule has 58 valence electrons. The largest absolute Gasteiger partial charge is 0.313 e. The van der Waals surface area contributed by atoms with Gasteiger partial charge in [-0.1, -0.05) is 0 Å². The Hall–Kier alpha value is -1.35. The Bertz CT molecular complexity index is 486. The maximum Gasteiger partial charge on any atom is 0.140 e. The quantitative estimate of drug-likeness (QED) is 0.512. The number of fused-ring (bicyclic) bond motifs is 3. The van der Waals surface area contributed by atoms with Crippen LogP contribution in [-0.4, -0.2) is 9.38 Å². The van der Waals surface area contributed by atoms with Gasteiger partial charge in [-0.3, -0.25) is 0 Å². The summed E-state index contributed by atoms with van der Waals surface area (Å²) in [6, 6.07) is 6.19. The molecule has 0 aliphatic heterocycles. The van der Waals surface area contributed by atoms with Crippen LogP contribution in [0.5, 0.6) is 0 Å². The molecule has 3 heterocycles. The van der Waals surface area contributed by atoms with Gasteiger partial charge in [0.2, 0.25) is 0 Å². The highest BCUT2D eigenvalue weighted by Gasteiger charge is 1.99. The lowest BCUT2D eigenvalue weighted by atomic mass is 10.5. The highest BCUT2D eigenvalue weighted by Crippen LogP contribution is 2.19. The number of rotatable bonds is 0. The summed E-state index contributed by atoms with van der Waals surface area (Å²) in [7, 11) is 0. The minimum Gasteiger partial charge on any atom is -0.313 e. The maximum atomic E-state index is 4.34. The van der Waals surface area contributed by atoms with E-state index in [0.717, 1.165) is 10.3 Å². The highest BCUT2D eigenvalue weighted by molar-refractivity contribution is 7.16. The van der Waals surface area contributed by atoms with Crippen molar-refractivity contribution in [3.8, 4) is 0 Å². The molecule has 0 fully saturated rings. The van der Waals surface area contributed by atoms with E-state index in [-0.39, 0.29) is 0 Å². The standard InChI is InChI=1S/C9H6N2S/c1-2-7-6-10-9-8(3-5-12-9)11(7)4-1/h1-6H. The molecular formula is C9H6N2S. The molecule has 0 bridgehead atoms. The third-order valence-corrected chi connectivity index (χ3v) is 2.79. The van der Waals surface area contributed by atoms with Crippen molar-refractivity contribution >= 4 is 27.2 Å². The van der Waals surface area contributed by atoms with E-state index in [2.05, 4.69) is 33.1 Å². The summed E-state index contributed by atoms with van der Waals surface area (Å²) in [4.78, 5) is 5.44. The second-order valence-corrected chi connectivity index (χ2v) is 3.57. The van der Waals surface area contributed by atoms with E-state index in [0.29, 0.717) is 0 Å². The first-order valence-electron chi connectivity index (χ1n) is 3.74. The normalized spacial score (nSPS) is 11.3. The summed E-state index contributed by atoms with van der Waals surface area (Å²) in [5.41, 5.74) is 2.35. The molecule has 12 heavy (non-hydrogen) atoms. The van der Waals surface area contributed by atoms with Gasteiger partial charge in [0.1, 0.15) is 4.83 Å². The van der Waals surface area contributed by atoms with Crippen LogP contribution in [0.4, 0.5) is 0 Å². The Balaban J connectivity index is 2.71. The first-order chi connectivity index (χ1) is 5.95. The average molecular weight is 174 g/mol. The Morgan fingerprint density at radius 3 is 3.33 bits per heavy atom. The lowest BCUT2D eigenvalue weighted by Gasteiger charge is -1.94. The molecule has 0 aliphatic rings. The predicted molar refractivity (Wildman–Crippen MR) is 50.6 cm³/mol. The molecule has 0 aromatic carbocycles. The second-order valence-electron chi connectivity index (χ2n) is 2.67. The fourth-order valence-corrected chi connectivity index (χ4v) is 2.14. The molecular weight excluding hydrogens is 168 g/mol. The van der Waals surface area contributed by atoms with Crippen molar-refractivity contribution in [2.75, 3.05) is 0 Å². The van der Waals surface area contributed by atoms with Crippen LogP contribution in [0.25, 0.3) is 15.9 Å². The third kappa shape index (κ3) is 0.662. The van der Waals surface area contributed by atoms with Crippen molar-refractivity contribution in [1.82, 2.24) is 9.38 Å². The monoisotopic (exact) mass is 174 g/mol. The van der Waals surface area contributed by atoms with Crippen LogP contribution in [0, 0.1) is 0 Å². The molecule has 0 unspecified atom stereocenters. The van der Waals surface area contributed by atoms with Crippen LogP contribution in [0.1, 0.15) is 0 Å². The van der Waals surface area contributed by atoms with E-state index >= 15 is 0 Å². The van der Waals surface area contributed by atoms with Crippen molar-refractivity contribution in [1.29, 1.82) is 0 Å². The Morgan fingerprint density at radius 1 is 1.33 bits per heavy atom. The fourth-order valence-electron chi connectivity index (χ4n) is 1.42. The Kier molecular flexibility index (Phi) is 1.07. The number of thiophene rings is 1. The van der Waals surface area contributed by atoms with E-state index in [9.17, 15) is 0 Å². The maximum absolute atomic E-state index is 4.34. The van der Waals surface area contributed by atoms with Crippen LogP contribution in [0.15, 0.2) is 36.0 Å². The number of aromatic nitrogens is 2. The molecule has 0 amide bonds. The second kappa shape index (κ2) is 2.08. The molecule has 0 saturated heterocycles. The van der Waals surface area contributed by atoms with Crippen molar-refractivity contribution in [2.24, 2.45) is 0 Å². The van der Waals surface area contributed by atoms with E-state index in [1.54, 1.807) is 11.3 Å². The van der Waals surface area contributed by atoms with Gasteiger partial charge < -0.3 is 4.40 Å². The van der Waals surface area contributed by atoms with Crippen molar-refractivity contribution < 1.29 is 0 Å². The van der Waals surface area contributed by atoms with Crippen molar-refractivity contribution in [2.45, 2.75) is 0 Å². The topological polar surface area (TPSA) is 17.3 Å².